The first-order valence-corrected chi connectivity index (χ1v) is 6.20. The number of benzene rings is 1. The molecule has 0 saturated carbocycles. The second-order valence-electron chi connectivity index (χ2n) is 4.65. The number of aromatic carboxylic acids is 1. The predicted molar refractivity (Wildman–Crippen MR) is 72.0 cm³/mol. The number of anilines is 2. The Morgan fingerprint density at radius 3 is 2.68 bits per heavy atom. The van der Waals surface area contributed by atoms with E-state index in [1.165, 1.54) is 6.07 Å². The molecule has 0 aliphatic carbocycles. The predicted octanol–water partition coefficient (Wildman–Crippen LogP) is 0.811. The molecule has 1 aliphatic rings. The van der Waals surface area contributed by atoms with E-state index in [1.54, 1.807) is 12.1 Å². The molecule has 1 saturated heterocycles. The number of rotatable bonds is 3. The van der Waals surface area contributed by atoms with E-state index in [9.17, 15) is 9.59 Å². The number of primary amides is 1. The van der Waals surface area contributed by atoms with E-state index < -0.39 is 17.9 Å². The quantitative estimate of drug-likeness (QED) is 0.699. The van der Waals surface area contributed by atoms with Gasteiger partial charge in [0.2, 0.25) is 5.91 Å². The zero-order chi connectivity index (χ0) is 14.0. The number of carboxylic acids is 1. The van der Waals surface area contributed by atoms with Crippen molar-refractivity contribution < 1.29 is 14.7 Å². The van der Waals surface area contributed by atoms with Crippen molar-refractivity contribution in [3.63, 3.8) is 0 Å². The molecule has 0 bridgehead atoms. The van der Waals surface area contributed by atoms with Crippen molar-refractivity contribution in [3.8, 4) is 0 Å². The molecule has 1 amide bonds. The van der Waals surface area contributed by atoms with Gasteiger partial charge in [0.1, 0.15) is 6.04 Å². The first kappa shape index (κ1) is 13.2. The Labute approximate surface area is 111 Å². The van der Waals surface area contributed by atoms with Gasteiger partial charge in [-0.25, -0.2) is 4.79 Å². The van der Waals surface area contributed by atoms with Crippen LogP contribution in [0.3, 0.4) is 0 Å². The lowest BCUT2D eigenvalue weighted by molar-refractivity contribution is -0.119. The van der Waals surface area contributed by atoms with Crippen LogP contribution in [0.1, 0.15) is 29.6 Å². The zero-order valence-corrected chi connectivity index (χ0v) is 10.5. The molecule has 1 aliphatic heterocycles. The lowest BCUT2D eigenvalue weighted by Gasteiger charge is -2.36. The fraction of sp³-hybridized carbons (Fsp3) is 0.385. The number of carboxylic acid groups (broad SMARTS) is 1. The molecular weight excluding hydrogens is 246 g/mol. The molecule has 0 aromatic heterocycles. The van der Waals surface area contributed by atoms with E-state index in [2.05, 4.69) is 0 Å². The van der Waals surface area contributed by atoms with Gasteiger partial charge in [-0.1, -0.05) is 6.07 Å². The molecule has 2 rings (SSSR count). The maximum atomic E-state index is 11.5. The Hall–Kier alpha value is -2.24. The van der Waals surface area contributed by atoms with Crippen molar-refractivity contribution >= 4 is 23.3 Å². The van der Waals surface area contributed by atoms with Gasteiger partial charge in [-0.05, 0) is 31.4 Å². The van der Waals surface area contributed by atoms with E-state index >= 15 is 0 Å². The highest BCUT2D eigenvalue weighted by Crippen LogP contribution is 2.31. The van der Waals surface area contributed by atoms with Crippen molar-refractivity contribution in [2.75, 3.05) is 17.2 Å². The molecule has 6 nitrogen and oxygen atoms in total. The van der Waals surface area contributed by atoms with Crippen LogP contribution in [0.5, 0.6) is 0 Å². The number of nitrogens with zero attached hydrogens (tertiary/aromatic N) is 1. The number of nitrogens with two attached hydrogens (primary N) is 2. The largest absolute Gasteiger partial charge is 0.478 e. The van der Waals surface area contributed by atoms with Gasteiger partial charge in [0.15, 0.2) is 0 Å². The van der Waals surface area contributed by atoms with Gasteiger partial charge >= 0.3 is 5.97 Å². The second kappa shape index (κ2) is 5.17. The Kier molecular flexibility index (Phi) is 3.59. The molecule has 0 radical (unpaired) electrons. The van der Waals surface area contributed by atoms with Crippen molar-refractivity contribution in [1.82, 2.24) is 0 Å². The van der Waals surface area contributed by atoms with Crippen LogP contribution in [0.25, 0.3) is 0 Å². The average Bonchev–Trinajstić information content (AvgIpc) is 2.38. The third-order valence-corrected chi connectivity index (χ3v) is 3.45. The monoisotopic (exact) mass is 263 g/mol. The summed E-state index contributed by atoms with van der Waals surface area (Å²) in [4.78, 5) is 24.4. The van der Waals surface area contributed by atoms with E-state index in [4.69, 9.17) is 16.6 Å². The summed E-state index contributed by atoms with van der Waals surface area (Å²) in [6.07, 6.45) is 2.54. The number of piperidine rings is 1. The van der Waals surface area contributed by atoms with Crippen molar-refractivity contribution in [2.24, 2.45) is 5.73 Å². The highest BCUT2D eigenvalue weighted by atomic mass is 16.4. The standard InChI is InChI=1S/C13H17N3O3/c14-11-8(13(18)19)4-3-6-9(11)16-7-2-1-5-10(16)12(15)17/h3-4,6,10H,1-2,5,7,14H2,(H2,15,17)(H,18,19). The first-order valence-electron chi connectivity index (χ1n) is 6.20. The maximum Gasteiger partial charge on any atom is 0.337 e. The van der Waals surface area contributed by atoms with Crippen LogP contribution in [0.15, 0.2) is 18.2 Å². The van der Waals surface area contributed by atoms with Gasteiger partial charge in [-0.15, -0.1) is 0 Å². The molecule has 1 heterocycles. The molecule has 1 aromatic carbocycles. The van der Waals surface area contributed by atoms with Crippen LogP contribution in [-0.4, -0.2) is 29.6 Å². The highest BCUT2D eigenvalue weighted by molar-refractivity contribution is 5.98. The van der Waals surface area contributed by atoms with Crippen molar-refractivity contribution in [2.45, 2.75) is 25.3 Å². The Balaban J connectivity index is 2.42. The molecule has 5 N–H and O–H groups in total. The second-order valence-corrected chi connectivity index (χ2v) is 4.65. The minimum atomic E-state index is -1.08. The third kappa shape index (κ3) is 2.47. The third-order valence-electron chi connectivity index (χ3n) is 3.45. The van der Waals surface area contributed by atoms with Gasteiger partial charge in [0.05, 0.1) is 16.9 Å². The summed E-state index contributed by atoms with van der Waals surface area (Å²) in [7, 11) is 0. The van der Waals surface area contributed by atoms with Crippen molar-refractivity contribution in [1.29, 1.82) is 0 Å². The summed E-state index contributed by atoms with van der Waals surface area (Å²) >= 11 is 0. The van der Waals surface area contributed by atoms with E-state index in [0.29, 0.717) is 18.7 Å². The fourth-order valence-corrected chi connectivity index (χ4v) is 2.51. The number of carbonyl (C=O) groups excluding carboxylic acids is 1. The van der Waals surface area contributed by atoms with Gasteiger partial charge in [0.25, 0.3) is 0 Å². The molecule has 1 fully saturated rings. The summed E-state index contributed by atoms with van der Waals surface area (Å²) in [5.74, 6) is -1.48. The summed E-state index contributed by atoms with van der Waals surface area (Å²) in [6.45, 7) is 0.654. The van der Waals surface area contributed by atoms with E-state index in [-0.39, 0.29) is 11.3 Å². The minimum absolute atomic E-state index is 0.0475. The maximum absolute atomic E-state index is 11.5. The van der Waals surface area contributed by atoms with Gasteiger partial charge < -0.3 is 21.5 Å². The summed E-state index contributed by atoms with van der Waals surface area (Å²) in [5, 5.41) is 9.07. The normalized spacial score (nSPS) is 19.2. The van der Waals surface area contributed by atoms with Crippen LogP contribution in [0, 0.1) is 0 Å². The molecule has 6 heteroatoms. The topological polar surface area (TPSA) is 110 Å². The van der Waals surface area contributed by atoms with Gasteiger partial charge in [-0.2, -0.15) is 0 Å². The van der Waals surface area contributed by atoms with Crippen LogP contribution >= 0.6 is 0 Å². The molecule has 1 unspecified atom stereocenters. The highest BCUT2D eigenvalue weighted by Gasteiger charge is 2.29. The number of hydrogen-bond acceptors (Lipinski definition) is 4. The van der Waals surface area contributed by atoms with Crippen LogP contribution < -0.4 is 16.4 Å². The average molecular weight is 263 g/mol. The molecule has 1 aromatic rings. The molecule has 19 heavy (non-hydrogen) atoms. The minimum Gasteiger partial charge on any atom is -0.478 e. The van der Waals surface area contributed by atoms with Gasteiger partial charge in [0, 0.05) is 6.54 Å². The van der Waals surface area contributed by atoms with Crippen molar-refractivity contribution in [3.05, 3.63) is 23.8 Å². The van der Waals surface area contributed by atoms with Crippen LogP contribution in [-0.2, 0) is 4.79 Å². The molecule has 0 spiro atoms. The Bertz CT molecular complexity index is 516. The molecular formula is C13H17N3O3. The fourth-order valence-electron chi connectivity index (χ4n) is 2.51. The van der Waals surface area contributed by atoms with Crippen LogP contribution in [0.2, 0.25) is 0 Å². The number of carbonyl (C=O) groups is 2. The smallest absolute Gasteiger partial charge is 0.337 e. The number of hydrogen-bond donors (Lipinski definition) is 3. The molecule has 102 valence electrons. The Morgan fingerprint density at radius 2 is 2.05 bits per heavy atom. The molecule has 1 atom stereocenters. The number of nitrogen functional groups attached to an aromatic ring is 1. The lowest BCUT2D eigenvalue weighted by atomic mass is 9.99. The van der Waals surface area contributed by atoms with Crippen LogP contribution in [0.4, 0.5) is 11.4 Å². The Morgan fingerprint density at radius 1 is 1.32 bits per heavy atom. The zero-order valence-electron chi connectivity index (χ0n) is 10.5. The summed E-state index contributed by atoms with van der Waals surface area (Å²) in [6, 6.07) is 4.38. The summed E-state index contributed by atoms with van der Waals surface area (Å²) in [5.41, 5.74) is 12.1. The first-order chi connectivity index (χ1) is 9.02. The number of para-hydroxylation sites is 1. The SMILES string of the molecule is NC(=O)C1CCCCN1c1cccc(C(=O)O)c1N. The van der Waals surface area contributed by atoms with Gasteiger partial charge in [-0.3, -0.25) is 4.79 Å². The summed E-state index contributed by atoms with van der Waals surface area (Å²) < 4.78 is 0. The van der Waals surface area contributed by atoms with E-state index in [1.807, 2.05) is 4.90 Å². The number of amides is 1. The van der Waals surface area contributed by atoms with E-state index in [0.717, 1.165) is 12.8 Å². The lowest BCUT2D eigenvalue weighted by Crippen LogP contribution is -2.48.